The van der Waals surface area contributed by atoms with Gasteiger partial charge in [0.15, 0.2) is 6.61 Å². The fraction of sp³-hybridized carbons (Fsp3) is 0.350. The van der Waals surface area contributed by atoms with E-state index in [1.807, 2.05) is 24.3 Å². The lowest BCUT2D eigenvalue weighted by atomic mass is 10.2. The number of nitrogens with one attached hydrogen (secondary N) is 1. The molecule has 1 saturated heterocycles. The van der Waals surface area contributed by atoms with E-state index in [1.165, 1.54) is 31.0 Å². The van der Waals surface area contributed by atoms with Gasteiger partial charge in [0.2, 0.25) is 0 Å². The van der Waals surface area contributed by atoms with Crippen LogP contribution in [0.3, 0.4) is 0 Å². The van der Waals surface area contributed by atoms with Gasteiger partial charge in [0.05, 0.1) is 22.4 Å². The molecule has 0 spiro atoms. The molecule has 0 radical (unpaired) electrons. The fourth-order valence-corrected chi connectivity index (χ4v) is 3.19. The minimum atomic E-state index is -0.496. The van der Waals surface area contributed by atoms with Gasteiger partial charge in [-0.1, -0.05) is 31.0 Å². The Morgan fingerprint density at radius 1 is 1.07 bits per heavy atom. The van der Waals surface area contributed by atoms with Crippen LogP contribution in [0, 0.1) is 10.1 Å². The van der Waals surface area contributed by atoms with Crippen LogP contribution in [0.4, 0.5) is 17.1 Å². The van der Waals surface area contributed by atoms with Crippen molar-refractivity contribution in [3.8, 4) is 5.75 Å². The minimum Gasteiger partial charge on any atom is -0.484 e. The Balaban J connectivity index is 1.62. The average molecular weight is 369 g/mol. The molecule has 27 heavy (non-hydrogen) atoms. The Kier molecular flexibility index (Phi) is 6.25. The third-order valence-electron chi connectivity index (χ3n) is 4.52. The maximum absolute atomic E-state index is 12.3. The number of anilines is 2. The van der Waals surface area contributed by atoms with Crippen molar-refractivity contribution >= 4 is 23.0 Å². The van der Waals surface area contributed by atoms with E-state index in [2.05, 4.69) is 10.2 Å². The van der Waals surface area contributed by atoms with E-state index < -0.39 is 4.92 Å². The number of hydrogen-bond acceptors (Lipinski definition) is 5. The summed E-state index contributed by atoms with van der Waals surface area (Å²) in [7, 11) is 0. The molecule has 2 aromatic carbocycles. The molecule has 1 heterocycles. The van der Waals surface area contributed by atoms with Gasteiger partial charge in [0, 0.05) is 19.2 Å². The van der Waals surface area contributed by atoms with E-state index in [9.17, 15) is 14.9 Å². The molecule has 1 aliphatic heterocycles. The van der Waals surface area contributed by atoms with E-state index in [1.54, 1.807) is 6.07 Å². The van der Waals surface area contributed by atoms with Crippen LogP contribution in [-0.2, 0) is 4.79 Å². The molecular formula is C20H23N3O4. The number of rotatable bonds is 6. The van der Waals surface area contributed by atoms with Gasteiger partial charge in [-0.15, -0.1) is 0 Å². The number of nitro benzene ring substituents is 1. The van der Waals surface area contributed by atoms with E-state index in [0.717, 1.165) is 37.3 Å². The number of carbonyl (C=O) groups is 1. The van der Waals surface area contributed by atoms with Gasteiger partial charge in [-0.25, -0.2) is 0 Å². The molecule has 7 nitrogen and oxygen atoms in total. The van der Waals surface area contributed by atoms with Gasteiger partial charge in [-0.05, 0) is 31.0 Å². The fourth-order valence-electron chi connectivity index (χ4n) is 3.19. The minimum absolute atomic E-state index is 0.0700. The Bertz CT molecular complexity index is 801. The molecule has 7 heteroatoms. The maximum Gasteiger partial charge on any atom is 0.273 e. The van der Waals surface area contributed by atoms with Crippen molar-refractivity contribution in [2.75, 3.05) is 29.9 Å². The van der Waals surface area contributed by atoms with E-state index in [0.29, 0.717) is 5.75 Å². The second-order valence-electron chi connectivity index (χ2n) is 6.51. The predicted octanol–water partition coefficient (Wildman–Crippen LogP) is 3.99. The summed E-state index contributed by atoms with van der Waals surface area (Å²) < 4.78 is 5.41. The third-order valence-corrected chi connectivity index (χ3v) is 4.52. The van der Waals surface area contributed by atoms with Crippen molar-refractivity contribution in [1.82, 2.24) is 0 Å². The molecule has 142 valence electrons. The number of non-ortho nitro benzene ring substituents is 1. The number of amides is 1. The largest absolute Gasteiger partial charge is 0.484 e. The molecular weight excluding hydrogens is 346 g/mol. The number of hydrogen-bond donors (Lipinski definition) is 1. The highest BCUT2D eigenvalue weighted by molar-refractivity contribution is 5.95. The molecule has 0 unspecified atom stereocenters. The standard InChI is InChI=1S/C20H23N3O4/c24-20(15-27-17-9-7-8-16(14-17)23(25)26)21-18-10-3-4-11-19(18)22-12-5-1-2-6-13-22/h3-4,7-11,14H,1-2,5-6,12-13,15H2,(H,21,24). The Morgan fingerprint density at radius 3 is 2.56 bits per heavy atom. The van der Waals surface area contributed by atoms with Gasteiger partial charge < -0.3 is 15.0 Å². The van der Waals surface area contributed by atoms with Crippen LogP contribution in [0.2, 0.25) is 0 Å². The predicted molar refractivity (Wildman–Crippen MR) is 104 cm³/mol. The highest BCUT2D eigenvalue weighted by Crippen LogP contribution is 2.28. The molecule has 1 N–H and O–H groups in total. The van der Waals surface area contributed by atoms with Crippen LogP contribution >= 0.6 is 0 Å². The lowest BCUT2D eigenvalue weighted by molar-refractivity contribution is -0.384. The van der Waals surface area contributed by atoms with Crippen LogP contribution in [0.5, 0.6) is 5.75 Å². The summed E-state index contributed by atoms with van der Waals surface area (Å²) in [6.45, 7) is 1.75. The molecule has 0 saturated carbocycles. The van der Waals surface area contributed by atoms with Crippen molar-refractivity contribution < 1.29 is 14.5 Å². The van der Waals surface area contributed by atoms with E-state index in [4.69, 9.17) is 4.74 Å². The number of carbonyl (C=O) groups excluding carboxylic acids is 1. The molecule has 1 aliphatic rings. The normalized spacial score (nSPS) is 14.3. The maximum atomic E-state index is 12.3. The lowest BCUT2D eigenvalue weighted by Crippen LogP contribution is -2.27. The number of ether oxygens (including phenoxy) is 1. The molecule has 0 atom stereocenters. The van der Waals surface area contributed by atoms with Crippen molar-refractivity contribution in [2.45, 2.75) is 25.7 Å². The van der Waals surface area contributed by atoms with Gasteiger partial charge in [0.1, 0.15) is 5.75 Å². The lowest BCUT2D eigenvalue weighted by Gasteiger charge is -2.25. The number of nitrogens with zero attached hydrogens (tertiary/aromatic N) is 2. The summed E-state index contributed by atoms with van der Waals surface area (Å²) in [5, 5.41) is 13.7. The van der Waals surface area contributed by atoms with Gasteiger partial charge in [-0.2, -0.15) is 0 Å². The Morgan fingerprint density at radius 2 is 1.81 bits per heavy atom. The van der Waals surface area contributed by atoms with Crippen LogP contribution in [0.15, 0.2) is 48.5 Å². The summed E-state index contributed by atoms with van der Waals surface area (Å²) in [5.74, 6) is -0.0102. The third kappa shape index (κ3) is 5.20. The Labute approximate surface area is 158 Å². The smallest absolute Gasteiger partial charge is 0.273 e. The van der Waals surface area contributed by atoms with Crippen molar-refractivity contribution in [1.29, 1.82) is 0 Å². The second kappa shape index (κ2) is 9.02. The van der Waals surface area contributed by atoms with Crippen LogP contribution < -0.4 is 15.0 Å². The second-order valence-corrected chi connectivity index (χ2v) is 6.51. The zero-order chi connectivity index (χ0) is 19.1. The summed E-state index contributed by atoms with van der Waals surface area (Å²) in [5.41, 5.74) is 1.70. The monoisotopic (exact) mass is 369 g/mol. The number of benzene rings is 2. The van der Waals surface area contributed by atoms with E-state index >= 15 is 0 Å². The van der Waals surface area contributed by atoms with Gasteiger partial charge in [0.25, 0.3) is 11.6 Å². The molecule has 0 bridgehead atoms. The van der Waals surface area contributed by atoms with Crippen molar-refractivity contribution in [3.63, 3.8) is 0 Å². The van der Waals surface area contributed by atoms with Crippen molar-refractivity contribution in [3.05, 3.63) is 58.6 Å². The number of para-hydroxylation sites is 2. The first-order chi connectivity index (χ1) is 13.1. The highest BCUT2D eigenvalue weighted by atomic mass is 16.6. The van der Waals surface area contributed by atoms with Crippen LogP contribution in [0.25, 0.3) is 0 Å². The molecule has 3 rings (SSSR count). The molecule has 1 amide bonds. The summed E-state index contributed by atoms with van der Waals surface area (Å²) >= 11 is 0. The van der Waals surface area contributed by atoms with Gasteiger partial charge >= 0.3 is 0 Å². The molecule has 0 aromatic heterocycles. The molecule has 1 fully saturated rings. The zero-order valence-electron chi connectivity index (χ0n) is 15.1. The van der Waals surface area contributed by atoms with Crippen LogP contribution in [-0.4, -0.2) is 30.5 Å². The number of nitro groups is 1. The van der Waals surface area contributed by atoms with E-state index in [-0.39, 0.29) is 18.2 Å². The molecule has 0 aliphatic carbocycles. The Hall–Kier alpha value is -3.09. The van der Waals surface area contributed by atoms with Crippen molar-refractivity contribution in [2.24, 2.45) is 0 Å². The summed E-state index contributed by atoms with van der Waals surface area (Å²) in [6.07, 6.45) is 4.78. The summed E-state index contributed by atoms with van der Waals surface area (Å²) in [4.78, 5) is 24.9. The summed E-state index contributed by atoms with van der Waals surface area (Å²) in [6, 6.07) is 13.6. The van der Waals surface area contributed by atoms with Gasteiger partial charge in [-0.3, -0.25) is 14.9 Å². The first-order valence-electron chi connectivity index (χ1n) is 9.14. The van der Waals surface area contributed by atoms with Crippen LogP contribution in [0.1, 0.15) is 25.7 Å². The quantitative estimate of drug-likeness (QED) is 0.615. The first kappa shape index (κ1) is 18.7. The average Bonchev–Trinajstić information content (AvgIpc) is 2.96. The molecule has 2 aromatic rings. The first-order valence-corrected chi connectivity index (χ1v) is 9.14. The SMILES string of the molecule is O=C(COc1cccc([N+](=O)[O-])c1)Nc1ccccc1N1CCCCCC1. The topological polar surface area (TPSA) is 84.7 Å². The zero-order valence-corrected chi connectivity index (χ0v) is 15.1. The highest BCUT2D eigenvalue weighted by Gasteiger charge is 2.15.